The molecule has 1 saturated heterocycles. The Kier molecular flexibility index (Phi) is 3.79. The Morgan fingerprint density at radius 3 is 2.86 bits per heavy atom. The third-order valence-corrected chi connectivity index (χ3v) is 4.03. The van der Waals surface area contributed by atoms with E-state index in [-0.39, 0.29) is 28.9 Å². The molecule has 0 radical (unpaired) electrons. The van der Waals surface area contributed by atoms with Gasteiger partial charge in [-0.1, -0.05) is 12.1 Å². The van der Waals surface area contributed by atoms with Crippen LogP contribution < -0.4 is 5.56 Å². The maximum Gasteiger partial charge on any atom is 0.260 e. The first-order valence-corrected chi connectivity index (χ1v) is 7.32. The van der Waals surface area contributed by atoms with Crippen molar-refractivity contribution < 1.29 is 9.18 Å². The molecule has 1 fully saturated rings. The molecule has 0 saturated carbocycles. The monoisotopic (exact) mass is 300 g/mol. The summed E-state index contributed by atoms with van der Waals surface area (Å²) in [6, 6.07) is 9.39. The highest BCUT2D eigenvalue weighted by Gasteiger charge is 2.31. The number of aryl methyl sites for hydroxylation is 1. The molecule has 1 aliphatic heterocycles. The van der Waals surface area contributed by atoms with Crippen molar-refractivity contribution in [2.75, 3.05) is 6.54 Å². The summed E-state index contributed by atoms with van der Waals surface area (Å²) >= 11 is 0. The zero-order valence-corrected chi connectivity index (χ0v) is 12.3. The first-order valence-electron chi connectivity index (χ1n) is 7.32. The number of likely N-dealkylation sites (tertiary alicyclic amines) is 1. The number of benzene rings is 1. The Balaban J connectivity index is 1.93. The standard InChI is InChI=1S/C17H17FN2O2/c1-11-7-8-14(16(21)19-11)17(22)20-9-3-6-15(20)12-4-2-5-13(18)10-12/h2,4-5,7-8,10,15H,3,6,9H2,1H3,(H,19,21)/t15-/m1/s1. The smallest absolute Gasteiger partial charge is 0.260 e. The number of carbonyl (C=O) groups excluding carboxylic acids is 1. The van der Waals surface area contributed by atoms with Crippen molar-refractivity contribution in [1.82, 2.24) is 9.88 Å². The van der Waals surface area contributed by atoms with Crippen LogP contribution in [0, 0.1) is 12.7 Å². The molecule has 0 unspecified atom stereocenters. The molecule has 1 amide bonds. The minimum Gasteiger partial charge on any atom is -0.331 e. The Hall–Kier alpha value is -2.43. The number of aromatic amines is 1. The van der Waals surface area contributed by atoms with Crippen molar-refractivity contribution in [2.24, 2.45) is 0 Å². The first-order chi connectivity index (χ1) is 10.6. The van der Waals surface area contributed by atoms with E-state index >= 15 is 0 Å². The molecule has 1 aromatic carbocycles. The third-order valence-electron chi connectivity index (χ3n) is 4.03. The number of carbonyl (C=O) groups is 1. The van der Waals surface area contributed by atoms with Crippen LogP contribution in [0.1, 0.15) is 40.5 Å². The predicted octanol–water partition coefficient (Wildman–Crippen LogP) is 2.80. The van der Waals surface area contributed by atoms with Gasteiger partial charge in [0.15, 0.2) is 0 Å². The lowest BCUT2D eigenvalue weighted by molar-refractivity contribution is 0.0733. The number of aromatic nitrogens is 1. The number of nitrogens with zero attached hydrogens (tertiary/aromatic N) is 1. The molecule has 1 atom stereocenters. The topological polar surface area (TPSA) is 53.2 Å². The molecule has 1 aliphatic rings. The van der Waals surface area contributed by atoms with Gasteiger partial charge in [0.1, 0.15) is 11.4 Å². The van der Waals surface area contributed by atoms with E-state index in [1.807, 2.05) is 6.07 Å². The van der Waals surface area contributed by atoms with Crippen LogP contribution >= 0.6 is 0 Å². The average Bonchev–Trinajstić information content (AvgIpc) is 2.96. The second-order valence-electron chi connectivity index (χ2n) is 5.60. The van der Waals surface area contributed by atoms with E-state index in [0.717, 1.165) is 18.4 Å². The number of nitrogens with one attached hydrogen (secondary N) is 1. The maximum atomic E-state index is 13.4. The van der Waals surface area contributed by atoms with Gasteiger partial charge in [0.2, 0.25) is 0 Å². The fourth-order valence-electron chi connectivity index (χ4n) is 2.97. The summed E-state index contributed by atoms with van der Waals surface area (Å²) in [5, 5.41) is 0. The molecule has 2 aromatic rings. The van der Waals surface area contributed by atoms with Crippen molar-refractivity contribution >= 4 is 5.91 Å². The van der Waals surface area contributed by atoms with Crippen LogP contribution in [0.4, 0.5) is 4.39 Å². The number of pyridine rings is 1. The number of hydrogen-bond acceptors (Lipinski definition) is 2. The minimum absolute atomic E-state index is 0.133. The molecule has 0 bridgehead atoms. The zero-order chi connectivity index (χ0) is 15.7. The van der Waals surface area contributed by atoms with Crippen molar-refractivity contribution in [2.45, 2.75) is 25.8 Å². The van der Waals surface area contributed by atoms with Gasteiger partial charge in [-0.05, 0) is 49.6 Å². The number of H-pyrrole nitrogens is 1. The largest absolute Gasteiger partial charge is 0.331 e. The quantitative estimate of drug-likeness (QED) is 0.927. The summed E-state index contributed by atoms with van der Waals surface area (Å²) in [5.41, 5.74) is 1.24. The van der Waals surface area contributed by atoms with Gasteiger partial charge in [-0.3, -0.25) is 9.59 Å². The minimum atomic E-state index is -0.380. The fraction of sp³-hybridized carbons (Fsp3) is 0.294. The SMILES string of the molecule is Cc1ccc(C(=O)N2CCC[C@@H]2c2cccc(F)c2)c(=O)[nH]1. The molecular formula is C17H17FN2O2. The van der Waals surface area contributed by atoms with Crippen molar-refractivity contribution in [3.8, 4) is 0 Å². The fourth-order valence-corrected chi connectivity index (χ4v) is 2.97. The summed E-state index contributed by atoms with van der Waals surface area (Å²) in [4.78, 5) is 28.9. The van der Waals surface area contributed by atoms with Gasteiger partial charge in [-0.15, -0.1) is 0 Å². The maximum absolute atomic E-state index is 13.4. The summed E-state index contributed by atoms with van der Waals surface area (Å²) in [5.74, 6) is -0.613. The zero-order valence-electron chi connectivity index (χ0n) is 12.3. The van der Waals surface area contributed by atoms with E-state index in [9.17, 15) is 14.0 Å². The van der Waals surface area contributed by atoms with Crippen LogP contribution in [0.15, 0.2) is 41.2 Å². The van der Waals surface area contributed by atoms with Gasteiger partial charge in [-0.2, -0.15) is 0 Å². The Morgan fingerprint density at radius 2 is 2.14 bits per heavy atom. The third kappa shape index (κ3) is 2.66. The van der Waals surface area contributed by atoms with E-state index in [2.05, 4.69) is 4.98 Å². The second-order valence-corrected chi connectivity index (χ2v) is 5.60. The highest BCUT2D eigenvalue weighted by Crippen LogP contribution is 2.32. The van der Waals surface area contributed by atoms with Gasteiger partial charge in [-0.25, -0.2) is 4.39 Å². The molecule has 114 valence electrons. The predicted molar refractivity (Wildman–Crippen MR) is 81.2 cm³/mol. The number of amides is 1. The Bertz CT molecular complexity index is 769. The first kappa shape index (κ1) is 14.5. The Labute approximate surface area is 127 Å². The highest BCUT2D eigenvalue weighted by atomic mass is 19.1. The van der Waals surface area contributed by atoms with E-state index in [4.69, 9.17) is 0 Å². The van der Waals surface area contributed by atoms with E-state index in [1.54, 1.807) is 30.0 Å². The molecule has 3 rings (SSSR count). The van der Waals surface area contributed by atoms with Crippen molar-refractivity contribution in [3.63, 3.8) is 0 Å². The lowest BCUT2D eigenvalue weighted by atomic mass is 10.0. The summed E-state index contributed by atoms with van der Waals surface area (Å²) in [6.45, 7) is 2.34. The van der Waals surface area contributed by atoms with Crippen LogP contribution in [-0.4, -0.2) is 22.3 Å². The van der Waals surface area contributed by atoms with Crippen LogP contribution in [0.25, 0.3) is 0 Å². The van der Waals surface area contributed by atoms with Crippen LogP contribution in [0.2, 0.25) is 0 Å². The molecule has 1 N–H and O–H groups in total. The Morgan fingerprint density at radius 1 is 1.32 bits per heavy atom. The lowest BCUT2D eigenvalue weighted by Crippen LogP contribution is -2.34. The molecular weight excluding hydrogens is 283 g/mol. The second kappa shape index (κ2) is 5.75. The van der Waals surface area contributed by atoms with Gasteiger partial charge < -0.3 is 9.88 Å². The lowest BCUT2D eigenvalue weighted by Gasteiger charge is -2.25. The summed E-state index contributed by atoms with van der Waals surface area (Å²) in [6.07, 6.45) is 1.62. The van der Waals surface area contributed by atoms with Gasteiger partial charge in [0.25, 0.3) is 11.5 Å². The van der Waals surface area contributed by atoms with Gasteiger partial charge in [0, 0.05) is 12.2 Å². The van der Waals surface area contributed by atoms with Crippen LogP contribution in [0.3, 0.4) is 0 Å². The highest BCUT2D eigenvalue weighted by molar-refractivity contribution is 5.94. The van der Waals surface area contributed by atoms with E-state index in [0.29, 0.717) is 12.2 Å². The van der Waals surface area contributed by atoms with Crippen LogP contribution in [0.5, 0.6) is 0 Å². The average molecular weight is 300 g/mol. The molecule has 4 nitrogen and oxygen atoms in total. The van der Waals surface area contributed by atoms with Gasteiger partial charge in [0.05, 0.1) is 6.04 Å². The molecule has 0 aliphatic carbocycles. The molecule has 2 heterocycles. The normalized spacial score (nSPS) is 17.7. The molecule has 22 heavy (non-hydrogen) atoms. The molecule has 5 heteroatoms. The summed E-state index contributed by atoms with van der Waals surface area (Å²) in [7, 11) is 0. The van der Waals surface area contributed by atoms with Crippen LogP contribution in [-0.2, 0) is 0 Å². The van der Waals surface area contributed by atoms with E-state index < -0.39 is 0 Å². The molecule has 0 spiro atoms. The van der Waals surface area contributed by atoms with Gasteiger partial charge >= 0.3 is 0 Å². The van der Waals surface area contributed by atoms with Crippen molar-refractivity contribution in [1.29, 1.82) is 0 Å². The number of hydrogen-bond donors (Lipinski definition) is 1. The molecule has 1 aromatic heterocycles. The van der Waals surface area contributed by atoms with Crippen molar-refractivity contribution in [3.05, 3.63) is 69.4 Å². The number of halogens is 1. The number of rotatable bonds is 2. The summed E-state index contributed by atoms with van der Waals surface area (Å²) < 4.78 is 13.4. The van der Waals surface area contributed by atoms with E-state index in [1.165, 1.54) is 12.1 Å².